The molecule has 2 aromatic heterocycles. The van der Waals surface area contributed by atoms with Gasteiger partial charge in [0, 0.05) is 22.8 Å². The van der Waals surface area contributed by atoms with Gasteiger partial charge in [0.15, 0.2) is 0 Å². The van der Waals surface area contributed by atoms with Crippen molar-refractivity contribution >= 4 is 16.9 Å². The number of carbonyl (C=O) groups excluding carboxylic acids is 1. The lowest BCUT2D eigenvalue weighted by molar-refractivity contribution is 0.0600. The highest BCUT2D eigenvalue weighted by atomic mass is 16.5. The van der Waals surface area contributed by atoms with Crippen molar-refractivity contribution in [1.82, 2.24) is 9.55 Å². The maximum Gasteiger partial charge on any atom is 0.337 e. The molecular weight excluding hydrogens is 328 g/mol. The zero-order valence-electron chi connectivity index (χ0n) is 15.3. The van der Waals surface area contributed by atoms with Gasteiger partial charge in [-0.3, -0.25) is 9.78 Å². The molecule has 0 spiro atoms. The van der Waals surface area contributed by atoms with Crippen molar-refractivity contribution in [3.8, 4) is 0 Å². The Labute approximate surface area is 152 Å². The number of aryl methyl sites for hydroxylation is 2. The topological polar surface area (TPSA) is 61.2 Å². The molecule has 5 nitrogen and oxygen atoms in total. The molecule has 0 amide bonds. The normalized spacial score (nSPS) is 10.9. The molecule has 3 rings (SSSR count). The van der Waals surface area contributed by atoms with Crippen molar-refractivity contribution in [3.63, 3.8) is 0 Å². The van der Waals surface area contributed by atoms with Crippen LogP contribution >= 0.6 is 0 Å². The third-order valence-electron chi connectivity index (χ3n) is 4.53. The van der Waals surface area contributed by atoms with E-state index in [4.69, 9.17) is 4.74 Å². The Hall–Kier alpha value is -2.95. The van der Waals surface area contributed by atoms with Crippen molar-refractivity contribution in [1.29, 1.82) is 0 Å². The monoisotopic (exact) mass is 350 g/mol. The Bertz CT molecular complexity index is 1000. The third-order valence-corrected chi connectivity index (χ3v) is 4.53. The molecule has 0 aliphatic rings. The summed E-state index contributed by atoms with van der Waals surface area (Å²) in [5.41, 5.74) is 4.28. The standard InChI is InChI=1S/C21H22N2O3/c1-4-16-12-19-17(18(5-2)22-16)10-11-20(24)23(19)13-14-6-8-15(9-7-14)21(25)26-3/h6-12H,4-5,13H2,1-3H3. The summed E-state index contributed by atoms with van der Waals surface area (Å²) in [7, 11) is 1.36. The molecule has 0 fully saturated rings. The lowest BCUT2D eigenvalue weighted by Crippen LogP contribution is -2.21. The first kappa shape index (κ1) is 17.9. The van der Waals surface area contributed by atoms with Gasteiger partial charge in [-0.1, -0.05) is 26.0 Å². The summed E-state index contributed by atoms with van der Waals surface area (Å²) in [4.78, 5) is 28.8. The third kappa shape index (κ3) is 3.38. The molecule has 0 bridgehead atoms. The number of hydrogen-bond donors (Lipinski definition) is 0. The zero-order chi connectivity index (χ0) is 18.7. The molecule has 0 saturated carbocycles. The van der Waals surface area contributed by atoms with Crippen LogP contribution < -0.4 is 5.56 Å². The first-order valence-corrected chi connectivity index (χ1v) is 8.77. The minimum absolute atomic E-state index is 0.0511. The van der Waals surface area contributed by atoms with Gasteiger partial charge in [-0.15, -0.1) is 0 Å². The molecular formula is C21H22N2O3. The van der Waals surface area contributed by atoms with E-state index in [0.717, 1.165) is 40.7 Å². The SMILES string of the molecule is CCc1cc2c(ccc(=O)n2Cc2ccc(C(=O)OC)cc2)c(CC)n1. The van der Waals surface area contributed by atoms with Gasteiger partial charge in [-0.25, -0.2) is 4.79 Å². The Morgan fingerprint density at radius 3 is 2.42 bits per heavy atom. The van der Waals surface area contributed by atoms with E-state index in [-0.39, 0.29) is 11.5 Å². The van der Waals surface area contributed by atoms with Crippen LogP contribution in [0.1, 0.15) is 41.2 Å². The van der Waals surface area contributed by atoms with E-state index in [1.807, 2.05) is 24.3 Å². The second kappa shape index (κ2) is 7.52. The van der Waals surface area contributed by atoms with Crippen LogP contribution in [0.2, 0.25) is 0 Å². The van der Waals surface area contributed by atoms with Crippen molar-refractivity contribution in [3.05, 3.63) is 75.3 Å². The van der Waals surface area contributed by atoms with E-state index in [1.165, 1.54) is 7.11 Å². The molecule has 0 atom stereocenters. The van der Waals surface area contributed by atoms with Crippen LogP contribution in [-0.2, 0) is 24.1 Å². The van der Waals surface area contributed by atoms with Crippen LogP contribution in [0.3, 0.4) is 0 Å². The van der Waals surface area contributed by atoms with E-state index in [9.17, 15) is 9.59 Å². The minimum Gasteiger partial charge on any atom is -0.465 e. The van der Waals surface area contributed by atoms with Gasteiger partial charge in [-0.05, 0) is 42.7 Å². The highest BCUT2D eigenvalue weighted by Crippen LogP contribution is 2.19. The van der Waals surface area contributed by atoms with Crippen LogP contribution in [0.4, 0.5) is 0 Å². The highest BCUT2D eigenvalue weighted by molar-refractivity contribution is 5.89. The average Bonchev–Trinajstić information content (AvgIpc) is 2.69. The van der Waals surface area contributed by atoms with Crippen LogP contribution in [0, 0.1) is 0 Å². The number of ether oxygens (including phenoxy) is 1. The molecule has 5 heteroatoms. The van der Waals surface area contributed by atoms with Crippen LogP contribution in [0.15, 0.2) is 47.3 Å². The second-order valence-corrected chi connectivity index (χ2v) is 6.15. The number of aromatic nitrogens is 2. The van der Waals surface area contributed by atoms with Gasteiger partial charge >= 0.3 is 5.97 Å². The fourth-order valence-electron chi connectivity index (χ4n) is 3.08. The molecule has 26 heavy (non-hydrogen) atoms. The lowest BCUT2D eigenvalue weighted by Gasteiger charge is -2.14. The quantitative estimate of drug-likeness (QED) is 0.662. The number of rotatable bonds is 5. The Morgan fingerprint density at radius 1 is 1.08 bits per heavy atom. The van der Waals surface area contributed by atoms with Crippen molar-refractivity contribution < 1.29 is 9.53 Å². The number of fused-ring (bicyclic) bond motifs is 1. The molecule has 1 aromatic carbocycles. The van der Waals surface area contributed by atoms with Crippen LogP contribution in [0.25, 0.3) is 10.9 Å². The largest absolute Gasteiger partial charge is 0.465 e. The Kier molecular flexibility index (Phi) is 5.16. The van der Waals surface area contributed by atoms with Gasteiger partial charge in [-0.2, -0.15) is 0 Å². The smallest absolute Gasteiger partial charge is 0.337 e. The van der Waals surface area contributed by atoms with E-state index in [1.54, 1.807) is 22.8 Å². The van der Waals surface area contributed by atoms with Gasteiger partial charge in [0.05, 0.1) is 24.7 Å². The highest BCUT2D eigenvalue weighted by Gasteiger charge is 2.11. The average molecular weight is 350 g/mol. The Balaban J connectivity index is 2.08. The first-order chi connectivity index (χ1) is 12.6. The number of nitrogens with zero attached hydrogens (tertiary/aromatic N) is 2. The number of esters is 1. The summed E-state index contributed by atoms with van der Waals surface area (Å²) in [6.45, 7) is 4.57. The summed E-state index contributed by atoms with van der Waals surface area (Å²) in [6, 6.07) is 12.6. The molecule has 134 valence electrons. The number of pyridine rings is 2. The van der Waals surface area contributed by atoms with E-state index < -0.39 is 0 Å². The number of carbonyl (C=O) groups is 1. The van der Waals surface area contributed by atoms with Crippen LogP contribution in [-0.4, -0.2) is 22.6 Å². The number of methoxy groups -OCH3 is 1. The predicted molar refractivity (Wildman–Crippen MR) is 102 cm³/mol. The summed E-state index contributed by atoms with van der Waals surface area (Å²) in [6.07, 6.45) is 1.64. The molecule has 0 radical (unpaired) electrons. The maximum atomic E-state index is 12.5. The van der Waals surface area contributed by atoms with Gasteiger partial charge in [0.25, 0.3) is 5.56 Å². The summed E-state index contributed by atoms with van der Waals surface area (Å²) in [5, 5.41) is 1.01. The van der Waals surface area contributed by atoms with Gasteiger partial charge in [0.2, 0.25) is 0 Å². The van der Waals surface area contributed by atoms with E-state index in [2.05, 4.69) is 18.8 Å². The molecule has 0 aliphatic heterocycles. The molecule has 2 heterocycles. The number of benzene rings is 1. The number of hydrogen-bond acceptors (Lipinski definition) is 4. The van der Waals surface area contributed by atoms with Crippen molar-refractivity contribution in [2.24, 2.45) is 0 Å². The molecule has 0 aliphatic carbocycles. The fraction of sp³-hybridized carbons (Fsp3) is 0.286. The summed E-state index contributed by atoms with van der Waals surface area (Å²) < 4.78 is 6.49. The summed E-state index contributed by atoms with van der Waals surface area (Å²) in [5.74, 6) is -0.370. The van der Waals surface area contributed by atoms with Gasteiger partial charge in [0.1, 0.15) is 0 Å². The molecule has 0 saturated heterocycles. The van der Waals surface area contributed by atoms with Crippen LogP contribution in [0.5, 0.6) is 0 Å². The van der Waals surface area contributed by atoms with Crippen molar-refractivity contribution in [2.45, 2.75) is 33.2 Å². The van der Waals surface area contributed by atoms with Gasteiger partial charge < -0.3 is 9.30 Å². The van der Waals surface area contributed by atoms with Crippen molar-refractivity contribution in [2.75, 3.05) is 7.11 Å². The lowest BCUT2D eigenvalue weighted by atomic mass is 10.1. The van der Waals surface area contributed by atoms with E-state index >= 15 is 0 Å². The summed E-state index contributed by atoms with van der Waals surface area (Å²) >= 11 is 0. The predicted octanol–water partition coefficient (Wildman–Crippen LogP) is 3.36. The fourth-order valence-corrected chi connectivity index (χ4v) is 3.08. The Morgan fingerprint density at radius 2 is 1.81 bits per heavy atom. The molecule has 0 unspecified atom stereocenters. The molecule has 0 N–H and O–H groups in total. The zero-order valence-corrected chi connectivity index (χ0v) is 15.3. The molecule has 3 aromatic rings. The maximum absolute atomic E-state index is 12.5. The first-order valence-electron chi connectivity index (χ1n) is 8.77. The second-order valence-electron chi connectivity index (χ2n) is 6.15. The minimum atomic E-state index is -0.370. The van der Waals surface area contributed by atoms with E-state index in [0.29, 0.717) is 12.1 Å².